The van der Waals surface area contributed by atoms with Gasteiger partial charge in [-0.15, -0.1) is 0 Å². The van der Waals surface area contributed by atoms with Crippen LogP contribution in [-0.2, 0) is 4.79 Å². The van der Waals surface area contributed by atoms with E-state index < -0.39 is 0 Å². The standard InChI is InChI=1S/C18H20N2O4/c1-14(21)20-19-13-15-6-8-16(9-7-15)23-10-11-24-18-5-3-4-17(12-18)22-2/h3-9,12-13H,10-11H2,1-2H3,(H,20,21)/b19-13+. The van der Waals surface area contributed by atoms with E-state index in [0.717, 1.165) is 22.8 Å². The number of hydrogen-bond donors (Lipinski definition) is 1. The first-order valence-corrected chi connectivity index (χ1v) is 7.47. The minimum Gasteiger partial charge on any atom is -0.497 e. The minimum absolute atomic E-state index is 0.206. The van der Waals surface area contributed by atoms with E-state index >= 15 is 0 Å². The van der Waals surface area contributed by atoms with Crippen molar-refractivity contribution in [2.75, 3.05) is 20.3 Å². The van der Waals surface area contributed by atoms with E-state index in [2.05, 4.69) is 10.5 Å². The number of carbonyl (C=O) groups excluding carboxylic acids is 1. The molecule has 0 aliphatic heterocycles. The number of methoxy groups -OCH3 is 1. The second kappa shape index (κ2) is 9.19. The van der Waals surface area contributed by atoms with Gasteiger partial charge in [-0.3, -0.25) is 4.79 Å². The van der Waals surface area contributed by atoms with Gasteiger partial charge in [0.15, 0.2) is 0 Å². The largest absolute Gasteiger partial charge is 0.497 e. The summed E-state index contributed by atoms with van der Waals surface area (Å²) in [5.41, 5.74) is 3.21. The molecule has 0 saturated heterocycles. The molecule has 0 aromatic heterocycles. The predicted octanol–water partition coefficient (Wildman–Crippen LogP) is 2.62. The van der Waals surface area contributed by atoms with Crippen LogP contribution in [0.25, 0.3) is 0 Å². The van der Waals surface area contributed by atoms with Gasteiger partial charge < -0.3 is 14.2 Å². The highest BCUT2D eigenvalue weighted by Crippen LogP contribution is 2.18. The summed E-state index contributed by atoms with van der Waals surface area (Å²) >= 11 is 0. The normalized spacial score (nSPS) is 10.4. The maximum Gasteiger partial charge on any atom is 0.236 e. The number of hydrogen-bond acceptors (Lipinski definition) is 5. The summed E-state index contributed by atoms with van der Waals surface area (Å²) in [4.78, 5) is 10.7. The average molecular weight is 328 g/mol. The van der Waals surface area contributed by atoms with Gasteiger partial charge >= 0.3 is 0 Å². The molecular weight excluding hydrogens is 308 g/mol. The zero-order valence-electron chi connectivity index (χ0n) is 13.7. The molecule has 0 bridgehead atoms. The number of nitrogens with one attached hydrogen (secondary N) is 1. The average Bonchev–Trinajstić information content (AvgIpc) is 2.60. The third-order valence-corrected chi connectivity index (χ3v) is 2.98. The van der Waals surface area contributed by atoms with Gasteiger partial charge in [-0.1, -0.05) is 6.07 Å². The molecule has 6 heteroatoms. The molecule has 0 aliphatic carbocycles. The molecule has 1 amide bonds. The molecule has 2 rings (SSSR count). The van der Waals surface area contributed by atoms with E-state index in [1.54, 1.807) is 13.3 Å². The van der Waals surface area contributed by atoms with Gasteiger partial charge in [0, 0.05) is 13.0 Å². The van der Waals surface area contributed by atoms with Gasteiger partial charge in [0.2, 0.25) is 5.91 Å². The van der Waals surface area contributed by atoms with Gasteiger partial charge in [0.05, 0.1) is 13.3 Å². The van der Waals surface area contributed by atoms with Crippen LogP contribution < -0.4 is 19.6 Å². The number of ether oxygens (including phenoxy) is 3. The number of benzene rings is 2. The van der Waals surface area contributed by atoms with Crippen LogP contribution >= 0.6 is 0 Å². The Kier molecular flexibility index (Phi) is 6.64. The van der Waals surface area contributed by atoms with Crippen LogP contribution in [0.2, 0.25) is 0 Å². The third kappa shape index (κ3) is 6.00. The zero-order chi connectivity index (χ0) is 17.2. The van der Waals surface area contributed by atoms with Crippen LogP contribution in [0, 0.1) is 0 Å². The second-order valence-corrected chi connectivity index (χ2v) is 4.87. The molecule has 0 radical (unpaired) electrons. The molecule has 0 unspecified atom stereocenters. The molecule has 0 fully saturated rings. The van der Waals surface area contributed by atoms with Crippen LogP contribution in [0.1, 0.15) is 12.5 Å². The summed E-state index contributed by atoms with van der Waals surface area (Å²) < 4.78 is 16.4. The molecule has 24 heavy (non-hydrogen) atoms. The first-order valence-electron chi connectivity index (χ1n) is 7.47. The Hall–Kier alpha value is -3.02. The topological polar surface area (TPSA) is 69.2 Å². The van der Waals surface area contributed by atoms with Crippen molar-refractivity contribution in [3.05, 3.63) is 54.1 Å². The molecule has 0 atom stereocenters. The van der Waals surface area contributed by atoms with Crippen molar-refractivity contribution >= 4 is 12.1 Å². The molecule has 2 aromatic rings. The highest BCUT2D eigenvalue weighted by Gasteiger charge is 1.98. The molecule has 0 spiro atoms. The van der Waals surface area contributed by atoms with Crippen LogP contribution in [0.15, 0.2) is 53.6 Å². The van der Waals surface area contributed by atoms with E-state index in [-0.39, 0.29) is 5.91 Å². The zero-order valence-corrected chi connectivity index (χ0v) is 13.7. The van der Waals surface area contributed by atoms with Crippen molar-refractivity contribution < 1.29 is 19.0 Å². The molecule has 1 N–H and O–H groups in total. The molecule has 126 valence electrons. The highest BCUT2D eigenvalue weighted by atomic mass is 16.5. The number of amides is 1. The summed E-state index contributed by atoms with van der Waals surface area (Å²) in [5, 5.41) is 3.80. The first kappa shape index (κ1) is 17.3. The van der Waals surface area contributed by atoms with Crippen molar-refractivity contribution in [3.8, 4) is 17.2 Å². The lowest BCUT2D eigenvalue weighted by Gasteiger charge is -2.09. The summed E-state index contributed by atoms with van der Waals surface area (Å²) in [7, 11) is 1.62. The van der Waals surface area contributed by atoms with Gasteiger partial charge in [0.1, 0.15) is 30.5 Å². The Balaban J connectivity index is 1.74. The fourth-order valence-electron chi connectivity index (χ4n) is 1.86. The number of hydrazone groups is 1. The van der Waals surface area contributed by atoms with Gasteiger partial charge in [0.25, 0.3) is 0 Å². The Morgan fingerprint density at radius 3 is 2.38 bits per heavy atom. The van der Waals surface area contributed by atoms with Crippen molar-refractivity contribution in [2.45, 2.75) is 6.92 Å². The fraction of sp³-hybridized carbons (Fsp3) is 0.222. The van der Waals surface area contributed by atoms with E-state index in [9.17, 15) is 4.79 Å². The van der Waals surface area contributed by atoms with E-state index in [1.165, 1.54) is 6.92 Å². The lowest BCUT2D eigenvalue weighted by molar-refractivity contribution is -0.118. The quantitative estimate of drug-likeness (QED) is 0.459. The minimum atomic E-state index is -0.206. The van der Waals surface area contributed by atoms with Gasteiger partial charge in [-0.05, 0) is 42.0 Å². The Bertz CT molecular complexity index is 684. The van der Waals surface area contributed by atoms with Crippen molar-refractivity contribution in [2.24, 2.45) is 5.10 Å². The Morgan fingerprint density at radius 2 is 1.71 bits per heavy atom. The SMILES string of the molecule is COc1cccc(OCCOc2ccc(/C=N/NC(C)=O)cc2)c1. The maximum atomic E-state index is 10.7. The summed E-state index contributed by atoms with van der Waals surface area (Å²) in [6.07, 6.45) is 1.57. The maximum absolute atomic E-state index is 10.7. The Morgan fingerprint density at radius 1 is 1.04 bits per heavy atom. The molecule has 0 aliphatic rings. The van der Waals surface area contributed by atoms with E-state index in [0.29, 0.717) is 13.2 Å². The third-order valence-electron chi connectivity index (χ3n) is 2.98. The van der Waals surface area contributed by atoms with Crippen molar-refractivity contribution in [1.29, 1.82) is 0 Å². The van der Waals surface area contributed by atoms with Crippen molar-refractivity contribution in [1.82, 2.24) is 5.43 Å². The molecule has 0 heterocycles. The van der Waals surface area contributed by atoms with Crippen molar-refractivity contribution in [3.63, 3.8) is 0 Å². The summed E-state index contributed by atoms with van der Waals surface area (Å²) in [6.45, 7) is 2.26. The highest BCUT2D eigenvalue weighted by molar-refractivity contribution is 5.81. The summed E-state index contributed by atoms with van der Waals surface area (Å²) in [6, 6.07) is 14.8. The fourth-order valence-corrected chi connectivity index (χ4v) is 1.86. The first-order chi connectivity index (χ1) is 11.7. The van der Waals surface area contributed by atoms with Crippen LogP contribution in [0.3, 0.4) is 0 Å². The van der Waals surface area contributed by atoms with E-state index in [1.807, 2.05) is 48.5 Å². The predicted molar refractivity (Wildman–Crippen MR) is 91.8 cm³/mol. The smallest absolute Gasteiger partial charge is 0.236 e. The lowest BCUT2D eigenvalue weighted by Crippen LogP contribution is -2.12. The van der Waals surface area contributed by atoms with Crippen LogP contribution in [0.4, 0.5) is 0 Å². The number of nitrogens with zero attached hydrogens (tertiary/aromatic N) is 1. The van der Waals surface area contributed by atoms with Crippen LogP contribution in [-0.4, -0.2) is 32.4 Å². The molecule has 6 nitrogen and oxygen atoms in total. The Labute approximate surface area is 141 Å². The monoisotopic (exact) mass is 328 g/mol. The number of carbonyl (C=O) groups is 1. The second-order valence-electron chi connectivity index (χ2n) is 4.87. The molecule has 2 aromatic carbocycles. The van der Waals surface area contributed by atoms with Crippen LogP contribution in [0.5, 0.6) is 17.2 Å². The van der Waals surface area contributed by atoms with Gasteiger partial charge in [-0.2, -0.15) is 5.10 Å². The lowest BCUT2D eigenvalue weighted by atomic mass is 10.2. The van der Waals surface area contributed by atoms with E-state index in [4.69, 9.17) is 14.2 Å². The molecular formula is C18H20N2O4. The number of rotatable bonds is 8. The van der Waals surface area contributed by atoms with Gasteiger partial charge in [-0.25, -0.2) is 5.43 Å². The summed E-state index contributed by atoms with van der Waals surface area (Å²) in [5.74, 6) is 2.02. The molecule has 0 saturated carbocycles.